The van der Waals surface area contributed by atoms with Crippen LogP contribution in [0.1, 0.15) is 13.8 Å². The van der Waals surface area contributed by atoms with Crippen LogP contribution >= 0.6 is 0 Å². The number of amides is 1. The molecule has 0 heterocycles. The molecule has 1 atom stereocenters. The molecule has 0 aliphatic heterocycles. The van der Waals surface area contributed by atoms with Crippen LogP contribution in [0, 0.1) is 5.92 Å². The topological polar surface area (TPSA) is 83.6 Å². The van der Waals surface area contributed by atoms with Crippen molar-refractivity contribution in [1.82, 2.24) is 4.90 Å². The molecule has 0 saturated heterocycles. The van der Waals surface area contributed by atoms with Crippen molar-refractivity contribution in [2.75, 3.05) is 13.6 Å². The molecular formula is C8H16N2O3. The Balaban J connectivity index is 4.17. The van der Waals surface area contributed by atoms with Crippen LogP contribution in [0.3, 0.4) is 0 Å². The lowest BCUT2D eigenvalue weighted by Gasteiger charge is -2.21. The van der Waals surface area contributed by atoms with Crippen LogP contribution in [0.2, 0.25) is 0 Å². The Hall–Kier alpha value is -1.10. The molecule has 0 radical (unpaired) electrons. The number of nitrogens with zero attached hydrogens (tertiary/aromatic N) is 1. The van der Waals surface area contributed by atoms with E-state index in [0.717, 1.165) is 4.90 Å². The van der Waals surface area contributed by atoms with Gasteiger partial charge in [-0.2, -0.15) is 0 Å². The van der Waals surface area contributed by atoms with Crippen molar-refractivity contribution in [2.45, 2.75) is 19.9 Å². The van der Waals surface area contributed by atoms with E-state index in [9.17, 15) is 9.59 Å². The van der Waals surface area contributed by atoms with Gasteiger partial charge in [-0.25, -0.2) is 0 Å². The zero-order valence-corrected chi connectivity index (χ0v) is 8.15. The van der Waals surface area contributed by atoms with Gasteiger partial charge in [0.15, 0.2) is 0 Å². The molecule has 1 amide bonds. The fraction of sp³-hybridized carbons (Fsp3) is 0.750. The van der Waals surface area contributed by atoms with Crippen LogP contribution in [0.5, 0.6) is 0 Å². The molecular weight excluding hydrogens is 172 g/mol. The second-order valence-corrected chi connectivity index (χ2v) is 3.36. The third-order valence-corrected chi connectivity index (χ3v) is 1.75. The summed E-state index contributed by atoms with van der Waals surface area (Å²) in [5.41, 5.74) is 5.55. The van der Waals surface area contributed by atoms with Gasteiger partial charge < -0.3 is 15.7 Å². The highest BCUT2D eigenvalue weighted by Gasteiger charge is 2.21. The number of carbonyl (C=O) groups is 2. The van der Waals surface area contributed by atoms with E-state index in [1.807, 2.05) is 13.8 Å². The Morgan fingerprint density at radius 1 is 1.46 bits per heavy atom. The lowest BCUT2D eigenvalue weighted by atomic mass is 10.0. The third kappa shape index (κ3) is 3.89. The zero-order valence-electron chi connectivity index (χ0n) is 8.15. The summed E-state index contributed by atoms with van der Waals surface area (Å²) in [4.78, 5) is 22.7. The van der Waals surface area contributed by atoms with Crippen LogP contribution in [0.25, 0.3) is 0 Å². The highest BCUT2D eigenvalue weighted by molar-refractivity contribution is 5.85. The molecule has 0 bridgehead atoms. The number of nitrogens with two attached hydrogens (primary N) is 1. The number of aliphatic carboxylic acids is 1. The first-order valence-corrected chi connectivity index (χ1v) is 4.08. The number of carboxylic acids is 1. The van der Waals surface area contributed by atoms with Crippen molar-refractivity contribution < 1.29 is 14.7 Å². The van der Waals surface area contributed by atoms with E-state index in [-0.39, 0.29) is 18.4 Å². The van der Waals surface area contributed by atoms with Gasteiger partial charge in [-0.3, -0.25) is 9.59 Å². The first-order chi connectivity index (χ1) is 5.86. The number of carbonyl (C=O) groups excluding carboxylic acids is 1. The van der Waals surface area contributed by atoms with Crippen LogP contribution in [0.15, 0.2) is 0 Å². The normalized spacial score (nSPS) is 12.7. The monoisotopic (exact) mass is 188 g/mol. The summed E-state index contributed by atoms with van der Waals surface area (Å²) in [6.07, 6.45) is 0. The average Bonchev–Trinajstić information content (AvgIpc) is 2.00. The highest BCUT2D eigenvalue weighted by Crippen LogP contribution is 2.01. The number of hydrogen-bond donors (Lipinski definition) is 2. The fourth-order valence-electron chi connectivity index (χ4n) is 0.820. The number of rotatable bonds is 4. The third-order valence-electron chi connectivity index (χ3n) is 1.75. The minimum Gasteiger partial charge on any atom is -0.480 e. The second-order valence-electron chi connectivity index (χ2n) is 3.36. The molecule has 0 aliphatic carbocycles. The molecule has 5 heteroatoms. The predicted octanol–water partition coefficient (Wildman–Crippen LogP) is -0.487. The summed E-state index contributed by atoms with van der Waals surface area (Å²) in [5.74, 6) is -1.35. The lowest BCUT2D eigenvalue weighted by molar-refractivity contribution is -0.144. The Kier molecular flexibility index (Phi) is 4.40. The van der Waals surface area contributed by atoms with Crippen molar-refractivity contribution in [3.8, 4) is 0 Å². The smallest absolute Gasteiger partial charge is 0.323 e. The maximum absolute atomic E-state index is 11.4. The maximum atomic E-state index is 11.4. The van der Waals surface area contributed by atoms with Crippen LogP contribution < -0.4 is 5.73 Å². The van der Waals surface area contributed by atoms with E-state index in [1.165, 1.54) is 7.05 Å². The first kappa shape index (κ1) is 11.9. The molecule has 5 nitrogen and oxygen atoms in total. The van der Waals surface area contributed by atoms with Crippen molar-refractivity contribution in [1.29, 1.82) is 0 Å². The van der Waals surface area contributed by atoms with Crippen molar-refractivity contribution in [3.05, 3.63) is 0 Å². The molecule has 0 fully saturated rings. The van der Waals surface area contributed by atoms with E-state index in [2.05, 4.69) is 0 Å². The standard InChI is InChI=1S/C8H16N2O3/c1-5(2)7(9)8(13)10(3)4-6(11)12/h5,7H,4,9H2,1-3H3,(H,11,12)/t7-/m1/s1. The lowest BCUT2D eigenvalue weighted by Crippen LogP contribution is -2.46. The minimum atomic E-state index is -1.04. The van der Waals surface area contributed by atoms with Gasteiger partial charge in [-0.15, -0.1) is 0 Å². The second kappa shape index (κ2) is 4.81. The highest BCUT2D eigenvalue weighted by atomic mass is 16.4. The molecule has 3 N–H and O–H groups in total. The molecule has 0 aromatic heterocycles. The summed E-state index contributed by atoms with van der Waals surface area (Å²) in [6.45, 7) is 3.33. The van der Waals surface area contributed by atoms with Crippen LogP contribution in [-0.4, -0.2) is 41.5 Å². The van der Waals surface area contributed by atoms with E-state index < -0.39 is 12.0 Å². The molecule has 76 valence electrons. The molecule has 13 heavy (non-hydrogen) atoms. The molecule has 0 rings (SSSR count). The molecule has 0 unspecified atom stereocenters. The van der Waals surface area contributed by atoms with E-state index in [0.29, 0.717) is 0 Å². The van der Waals surface area contributed by atoms with Gasteiger partial charge >= 0.3 is 5.97 Å². The average molecular weight is 188 g/mol. The molecule has 0 aromatic rings. The van der Waals surface area contributed by atoms with Crippen molar-refractivity contribution in [3.63, 3.8) is 0 Å². The van der Waals surface area contributed by atoms with Gasteiger partial charge in [0.2, 0.25) is 5.91 Å². The van der Waals surface area contributed by atoms with Gasteiger partial charge in [0.1, 0.15) is 6.54 Å². The summed E-state index contributed by atoms with van der Waals surface area (Å²) in [6, 6.07) is -0.621. The number of hydrogen-bond acceptors (Lipinski definition) is 3. The van der Waals surface area contributed by atoms with Gasteiger partial charge in [0.05, 0.1) is 6.04 Å². The summed E-state index contributed by atoms with van der Waals surface area (Å²) in [7, 11) is 1.43. The van der Waals surface area contributed by atoms with Crippen molar-refractivity contribution in [2.24, 2.45) is 11.7 Å². The SMILES string of the molecule is CC(C)[C@@H](N)C(=O)N(C)CC(=O)O. The number of likely N-dealkylation sites (N-methyl/N-ethyl adjacent to an activating group) is 1. The Morgan fingerprint density at radius 3 is 2.23 bits per heavy atom. The first-order valence-electron chi connectivity index (χ1n) is 4.08. The van der Waals surface area contributed by atoms with Crippen molar-refractivity contribution >= 4 is 11.9 Å². The number of carboxylic acid groups (broad SMARTS) is 1. The van der Waals surface area contributed by atoms with E-state index in [1.54, 1.807) is 0 Å². The molecule has 0 aliphatic rings. The quantitative estimate of drug-likeness (QED) is 0.623. The van der Waals surface area contributed by atoms with Gasteiger partial charge in [0.25, 0.3) is 0 Å². The van der Waals surface area contributed by atoms with Gasteiger partial charge in [0, 0.05) is 7.05 Å². The van der Waals surface area contributed by atoms with E-state index >= 15 is 0 Å². The predicted molar refractivity (Wildman–Crippen MR) is 48.1 cm³/mol. The Bertz CT molecular complexity index is 204. The van der Waals surface area contributed by atoms with Gasteiger partial charge in [-0.1, -0.05) is 13.8 Å². The Labute approximate surface area is 77.5 Å². The van der Waals surface area contributed by atoms with E-state index in [4.69, 9.17) is 10.8 Å². The van der Waals surface area contributed by atoms with Gasteiger partial charge in [-0.05, 0) is 5.92 Å². The molecule has 0 spiro atoms. The minimum absolute atomic E-state index is 0.0174. The summed E-state index contributed by atoms with van der Waals surface area (Å²) in [5, 5.41) is 8.42. The van der Waals surface area contributed by atoms with Crippen LogP contribution in [-0.2, 0) is 9.59 Å². The molecule has 0 saturated carbocycles. The molecule has 0 aromatic carbocycles. The fourth-order valence-corrected chi connectivity index (χ4v) is 0.820. The summed E-state index contributed by atoms with van der Waals surface area (Å²) >= 11 is 0. The Morgan fingerprint density at radius 2 is 1.92 bits per heavy atom. The zero-order chi connectivity index (χ0) is 10.6. The summed E-state index contributed by atoms with van der Waals surface area (Å²) < 4.78 is 0. The largest absolute Gasteiger partial charge is 0.480 e. The van der Waals surface area contributed by atoms with Crippen LogP contribution in [0.4, 0.5) is 0 Å². The maximum Gasteiger partial charge on any atom is 0.323 e.